The van der Waals surface area contributed by atoms with Crippen molar-refractivity contribution in [1.82, 2.24) is 4.90 Å². The summed E-state index contributed by atoms with van der Waals surface area (Å²) in [6, 6.07) is 6.31. The second kappa shape index (κ2) is 7.58. The number of hydrogen-bond donors (Lipinski definition) is 1. The molecular weight excluding hydrogens is 296 g/mol. The van der Waals surface area contributed by atoms with Gasteiger partial charge in [-0.05, 0) is 69.1 Å². The first-order chi connectivity index (χ1) is 10.5. The number of thiocarbonyl (C=S) groups is 1. The van der Waals surface area contributed by atoms with Gasteiger partial charge in [0.25, 0.3) is 0 Å². The highest BCUT2D eigenvalue weighted by Crippen LogP contribution is 2.20. The van der Waals surface area contributed by atoms with Crippen LogP contribution in [0.25, 0.3) is 0 Å². The van der Waals surface area contributed by atoms with E-state index in [0.29, 0.717) is 6.61 Å². The quantitative estimate of drug-likeness (QED) is 0.684. The smallest absolute Gasteiger partial charge is 0.309 e. The first-order valence-corrected chi connectivity index (χ1v) is 8.21. The summed E-state index contributed by atoms with van der Waals surface area (Å²) in [6.07, 6.45) is 1.60. The molecule has 0 aliphatic carbocycles. The maximum Gasteiger partial charge on any atom is 0.309 e. The van der Waals surface area contributed by atoms with E-state index in [4.69, 9.17) is 17.0 Å². The molecule has 0 saturated carbocycles. The van der Waals surface area contributed by atoms with E-state index in [1.807, 2.05) is 6.92 Å². The van der Waals surface area contributed by atoms with Gasteiger partial charge in [0.15, 0.2) is 5.11 Å². The van der Waals surface area contributed by atoms with Crippen molar-refractivity contribution < 1.29 is 9.53 Å². The van der Waals surface area contributed by atoms with Gasteiger partial charge in [-0.3, -0.25) is 4.79 Å². The topological polar surface area (TPSA) is 41.6 Å². The van der Waals surface area contributed by atoms with Gasteiger partial charge < -0.3 is 15.0 Å². The Kier molecular flexibility index (Phi) is 5.77. The number of esters is 1. The Labute approximate surface area is 137 Å². The van der Waals surface area contributed by atoms with Crippen molar-refractivity contribution in [2.24, 2.45) is 5.92 Å². The highest BCUT2D eigenvalue weighted by Gasteiger charge is 2.26. The van der Waals surface area contributed by atoms with Crippen molar-refractivity contribution in [2.75, 3.05) is 25.0 Å². The van der Waals surface area contributed by atoms with Gasteiger partial charge in [-0.15, -0.1) is 0 Å². The van der Waals surface area contributed by atoms with Gasteiger partial charge in [-0.2, -0.15) is 0 Å². The van der Waals surface area contributed by atoms with Crippen molar-refractivity contribution in [3.8, 4) is 0 Å². The van der Waals surface area contributed by atoms with Crippen LogP contribution in [0.5, 0.6) is 0 Å². The van der Waals surface area contributed by atoms with Gasteiger partial charge in [0.1, 0.15) is 0 Å². The van der Waals surface area contributed by atoms with E-state index in [0.717, 1.165) is 36.7 Å². The maximum atomic E-state index is 11.8. The zero-order valence-corrected chi connectivity index (χ0v) is 14.3. The summed E-state index contributed by atoms with van der Waals surface area (Å²) >= 11 is 5.50. The van der Waals surface area contributed by atoms with E-state index in [1.165, 1.54) is 11.1 Å². The molecule has 2 rings (SSSR count). The maximum absolute atomic E-state index is 11.8. The minimum Gasteiger partial charge on any atom is -0.466 e. The average Bonchev–Trinajstić information content (AvgIpc) is 2.46. The molecule has 0 aromatic heterocycles. The summed E-state index contributed by atoms with van der Waals surface area (Å²) in [5, 5.41) is 4.03. The number of ether oxygens (including phenoxy) is 1. The molecule has 0 amide bonds. The molecule has 1 N–H and O–H groups in total. The van der Waals surface area contributed by atoms with Gasteiger partial charge in [0.05, 0.1) is 12.5 Å². The monoisotopic (exact) mass is 320 g/mol. The Morgan fingerprint density at radius 2 is 1.86 bits per heavy atom. The molecule has 120 valence electrons. The fourth-order valence-corrected chi connectivity index (χ4v) is 3.13. The molecule has 0 unspecified atom stereocenters. The van der Waals surface area contributed by atoms with E-state index in [-0.39, 0.29) is 11.9 Å². The van der Waals surface area contributed by atoms with Crippen LogP contribution in [0.3, 0.4) is 0 Å². The fourth-order valence-electron chi connectivity index (χ4n) is 2.83. The van der Waals surface area contributed by atoms with Crippen LogP contribution in [-0.4, -0.2) is 35.7 Å². The van der Waals surface area contributed by atoms with Gasteiger partial charge >= 0.3 is 5.97 Å². The highest BCUT2D eigenvalue weighted by molar-refractivity contribution is 7.80. The number of benzene rings is 1. The number of aryl methyl sites for hydroxylation is 2. The minimum absolute atomic E-state index is 0.0141. The first-order valence-electron chi connectivity index (χ1n) is 7.80. The van der Waals surface area contributed by atoms with E-state index < -0.39 is 0 Å². The molecule has 0 atom stereocenters. The number of nitrogens with one attached hydrogen (secondary N) is 1. The second-order valence-corrected chi connectivity index (χ2v) is 6.21. The zero-order valence-electron chi connectivity index (χ0n) is 13.5. The van der Waals surface area contributed by atoms with Crippen molar-refractivity contribution in [1.29, 1.82) is 0 Å². The largest absolute Gasteiger partial charge is 0.466 e. The molecule has 4 nitrogen and oxygen atoms in total. The minimum atomic E-state index is -0.0738. The number of carbonyl (C=O) groups excluding carboxylic acids is 1. The number of rotatable bonds is 3. The number of nitrogens with zero attached hydrogens (tertiary/aromatic N) is 1. The van der Waals surface area contributed by atoms with E-state index in [1.54, 1.807) is 0 Å². The zero-order chi connectivity index (χ0) is 16.1. The second-order valence-electron chi connectivity index (χ2n) is 5.82. The van der Waals surface area contributed by atoms with Gasteiger partial charge in [-0.1, -0.05) is 6.07 Å². The van der Waals surface area contributed by atoms with Crippen LogP contribution in [0.1, 0.15) is 30.9 Å². The molecule has 5 heteroatoms. The molecule has 1 heterocycles. The van der Waals surface area contributed by atoms with Gasteiger partial charge in [0, 0.05) is 18.8 Å². The standard InChI is InChI=1S/C17H24N2O2S/c1-4-21-16(20)14-5-7-19(8-6-14)17(22)18-15-10-12(2)9-13(3)11-15/h9-11,14H,4-8H2,1-3H3,(H,18,22). The number of likely N-dealkylation sites (tertiary alicyclic amines) is 1. The Bertz CT molecular complexity index is 531. The molecule has 1 aliphatic rings. The number of hydrogen-bond acceptors (Lipinski definition) is 3. The number of carbonyl (C=O) groups is 1. The summed E-state index contributed by atoms with van der Waals surface area (Å²) in [4.78, 5) is 13.9. The Balaban J connectivity index is 1.88. The molecule has 1 aromatic carbocycles. The van der Waals surface area contributed by atoms with Gasteiger partial charge in [0.2, 0.25) is 0 Å². The molecule has 1 aliphatic heterocycles. The predicted octanol–water partition coefficient (Wildman–Crippen LogP) is 3.28. The van der Waals surface area contributed by atoms with Gasteiger partial charge in [-0.25, -0.2) is 0 Å². The first kappa shape index (κ1) is 16.7. The molecule has 1 fully saturated rings. The lowest BCUT2D eigenvalue weighted by atomic mass is 9.97. The summed E-state index contributed by atoms with van der Waals surface area (Å²) in [5.74, 6) is -0.0597. The van der Waals surface area contributed by atoms with Crippen LogP contribution in [0.4, 0.5) is 5.69 Å². The van der Waals surface area contributed by atoms with Crippen molar-refractivity contribution >= 4 is 29.0 Å². The number of piperidine rings is 1. The third-order valence-electron chi connectivity index (χ3n) is 3.88. The van der Waals surface area contributed by atoms with Crippen molar-refractivity contribution in [2.45, 2.75) is 33.6 Å². The van der Waals surface area contributed by atoms with Crippen LogP contribution in [-0.2, 0) is 9.53 Å². The molecular formula is C17H24N2O2S. The van der Waals surface area contributed by atoms with Crippen LogP contribution >= 0.6 is 12.2 Å². The summed E-state index contributed by atoms with van der Waals surface area (Å²) in [7, 11) is 0. The molecule has 0 spiro atoms. The Morgan fingerprint density at radius 3 is 2.41 bits per heavy atom. The van der Waals surface area contributed by atoms with E-state index >= 15 is 0 Å². The third kappa shape index (κ3) is 4.44. The van der Waals surface area contributed by atoms with Crippen molar-refractivity contribution in [3.63, 3.8) is 0 Å². The molecule has 1 saturated heterocycles. The lowest BCUT2D eigenvalue weighted by Gasteiger charge is -2.32. The summed E-state index contributed by atoms with van der Waals surface area (Å²) in [5.41, 5.74) is 3.45. The Hall–Kier alpha value is -1.62. The van der Waals surface area contributed by atoms with Crippen LogP contribution in [0.2, 0.25) is 0 Å². The molecule has 1 aromatic rings. The van der Waals surface area contributed by atoms with E-state index in [2.05, 4.69) is 42.3 Å². The van der Waals surface area contributed by atoms with Crippen molar-refractivity contribution in [3.05, 3.63) is 29.3 Å². The molecule has 0 bridgehead atoms. The van der Waals surface area contributed by atoms with Crippen LogP contribution in [0, 0.1) is 19.8 Å². The normalized spacial score (nSPS) is 15.5. The summed E-state index contributed by atoms with van der Waals surface area (Å²) < 4.78 is 5.09. The van der Waals surface area contributed by atoms with Crippen LogP contribution in [0.15, 0.2) is 18.2 Å². The number of anilines is 1. The fraction of sp³-hybridized carbons (Fsp3) is 0.529. The van der Waals surface area contributed by atoms with E-state index in [9.17, 15) is 4.79 Å². The Morgan fingerprint density at radius 1 is 1.27 bits per heavy atom. The molecule has 22 heavy (non-hydrogen) atoms. The SMILES string of the molecule is CCOC(=O)C1CCN(C(=S)Nc2cc(C)cc(C)c2)CC1. The third-order valence-corrected chi connectivity index (χ3v) is 4.24. The summed E-state index contributed by atoms with van der Waals surface area (Å²) in [6.45, 7) is 8.03. The lowest BCUT2D eigenvalue weighted by Crippen LogP contribution is -2.42. The highest BCUT2D eigenvalue weighted by atomic mass is 32.1. The molecule has 0 radical (unpaired) electrons. The average molecular weight is 320 g/mol. The van der Waals surface area contributed by atoms with Crippen LogP contribution < -0.4 is 5.32 Å². The lowest BCUT2D eigenvalue weighted by molar-refractivity contribution is -0.149. The predicted molar refractivity (Wildman–Crippen MR) is 93.1 cm³/mol.